The van der Waals surface area contributed by atoms with Crippen LogP contribution < -0.4 is 0 Å². The van der Waals surface area contributed by atoms with E-state index in [1.807, 2.05) is 0 Å². The summed E-state index contributed by atoms with van der Waals surface area (Å²) in [7, 11) is 0. The molecule has 0 saturated carbocycles. The van der Waals surface area contributed by atoms with Crippen molar-refractivity contribution in [2.75, 3.05) is 6.54 Å². The average Bonchev–Trinajstić information content (AvgIpc) is 2.47. The van der Waals surface area contributed by atoms with Crippen molar-refractivity contribution in [1.29, 1.82) is 0 Å². The van der Waals surface area contributed by atoms with E-state index in [-0.39, 0.29) is 4.75 Å². The number of thiol groups is 1. The van der Waals surface area contributed by atoms with Crippen molar-refractivity contribution in [3.63, 3.8) is 0 Å². The van der Waals surface area contributed by atoms with Crippen molar-refractivity contribution in [3.8, 4) is 0 Å². The lowest BCUT2D eigenvalue weighted by molar-refractivity contribution is 0.226. The Kier molecular flexibility index (Phi) is 6.73. The number of hydrogen-bond acceptors (Lipinski definition) is 2. The van der Waals surface area contributed by atoms with Crippen LogP contribution >= 0.6 is 12.6 Å². The molecular weight excluding hydrogens is 214 g/mol. The van der Waals surface area contributed by atoms with Crippen LogP contribution in [0.15, 0.2) is 12.2 Å². The Balaban J connectivity index is 0.000000385. The van der Waals surface area contributed by atoms with E-state index in [0.717, 1.165) is 0 Å². The first-order chi connectivity index (χ1) is 7.13. The predicted molar refractivity (Wildman–Crippen MR) is 78.4 cm³/mol. The third kappa shape index (κ3) is 7.34. The first-order valence-corrected chi connectivity index (χ1v) is 6.71. The number of hydrogen-bond donors (Lipinski definition) is 1. The van der Waals surface area contributed by atoms with Crippen LogP contribution in [0.3, 0.4) is 0 Å². The zero-order chi connectivity index (χ0) is 12.9. The van der Waals surface area contributed by atoms with E-state index in [0.29, 0.717) is 12.1 Å². The molecular formula is C14H29NS. The second-order valence-electron chi connectivity index (χ2n) is 6.01. The molecule has 0 bridgehead atoms. The Morgan fingerprint density at radius 3 is 2.06 bits per heavy atom. The summed E-state index contributed by atoms with van der Waals surface area (Å²) in [5, 5.41) is 0. The normalized spacial score (nSPS) is 21.9. The molecule has 0 amide bonds. The van der Waals surface area contributed by atoms with Gasteiger partial charge in [0.25, 0.3) is 0 Å². The highest BCUT2D eigenvalue weighted by Gasteiger charge is 2.26. The van der Waals surface area contributed by atoms with Gasteiger partial charge in [0.1, 0.15) is 0 Å². The minimum absolute atomic E-state index is 0.194. The van der Waals surface area contributed by atoms with Gasteiger partial charge in [0.05, 0.1) is 0 Å². The molecule has 16 heavy (non-hydrogen) atoms. The summed E-state index contributed by atoms with van der Waals surface area (Å²) >= 11 is 4.12. The molecule has 0 aromatic rings. The SMILES string of the molecule is C=C(C)C1CCCN1C(C)C.CC(C)(C)S. The van der Waals surface area contributed by atoms with Crippen molar-refractivity contribution < 1.29 is 0 Å². The van der Waals surface area contributed by atoms with Crippen molar-refractivity contribution in [1.82, 2.24) is 4.90 Å². The van der Waals surface area contributed by atoms with E-state index in [9.17, 15) is 0 Å². The highest BCUT2D eigenvalue weighted by molar-refractivity contribution is 7.81. The largest absolute Gasteiger partial charge is 0.294 e. The van der Waals surface area contributed by atoms with E-state index in [1.165, 1.54) is 25.0 Å². The molecule has 0 spiro atoms. The molecule has 0 aromatic heterocycles. The minimum Gasteiger partial charge on any atom is -0.294 e. The summed E-state index contributed by atoms with van der Waals surface area (Å²) in [5.41, 5.74) is 1.33. The number of rotatable bonds is 2. The quantitative estimate of drug-likeness (QED) is 0.563. The fourth-order valence-electron chi connectivity index (χ4n) is 1.94. The van der Waals surface area contributed by atoms with E-state index >= 15 is 0 Å². The summed E-state index contributed by atoms with van der Waals surface area (Å²) < 4.78 is 0.194. The van der Waals surface area contributed by atoms with Crippen LogP contribution in [0.2, 0.25) is 0 Å². The summed E-state index contributed by atoms with van der Waals surface area (Å²) in [6, 6.07) is 1.34. The maximum absolute atomic E-state index is 4.12. The van der Waals surface area contributed by atoms with Gasteiger partial charge in [-0.2, -0.15) is 12.6 Å². The summed E-state index contributed by atoms with van der Waals surface area (Å²) in [4.78, 5) is 2.54. The summed E-state index contributed by atoms with van der Waals surface area (Å²) in [6.07, 6.45) is 2.66. The molecule has 0 radical (unpaired) electrons. The van der Waals surface area contributed by atoms with E-state index in [1.54, 1.807) is 0 Å². The van der Waals surface area contributed by atoms with Gasteiger partial charge < -0.3 is 0 Å². The molecule has 0 aromatic carbocycles. The standard InChI is InChI=1S/C10H19N.C4H10S/c1-8(2)10-6-5-7-11(10)9(3)4;1-4(2,3)5/h9-10H,1,5-7H2,2-4H3;5H,1-3H3. The second-order valence-corrected chi connectivity index (χ2v) is 7.35. The molecule has 1 atom stereocenters. The van der Waals surface area contributed by atoms with E-state index in [2.05, 4.69) is 65.7 Å². The van der Waals surface area contributed by atoms with Gasteiger partial charge in [0.2, 0.25) is 0 Å². The zero-order valence-electron chi connectivity index (χ0n) is 11.9. The van der Waals surface area contributed by atoms with Crippen molar-refractivity contribution in [3.05, 3.63) is 12.2 Å². The predicted octanol–water partition coefficient (Wildman–Crippen LogP) is 4.15. The lowest BCUT2D eigenvalue weighted by Crippen LogP contribution is -2.35. The molecule has 1 aliphatic rings. The van der Waals surface area contributed by atoms with Gasteiger partial charge in [-0.3, -0.25) is 4.90 Å². The Labute approximate surface area is 108 Å². The summed E-state index contributed by atoms with van der Waals surface area (Å²) in [6.45, 7) is 18.1. The first kappa shape index (κ1) is 16.1. The number of likely N-dealkylation sites (tertiary alicyclic amines) is 1. The van der Waals surface area contributed by atoms with Crippen molar-refractivity contribution in [2.24, 2.45) is 0 Å². The van der Waals surface area contributed by atoms with Crippen LogP contribution in [0.4, 0.5) is 0 Å². The van der Waals surface area contributed by atoms with Crippen LogP contribution in [-0.2, 0) is 0 Å². The lowest BCUT2D eigenvalue weighted by atomic mass is 10.1. The minimum atomic E-state index is 0.194. The molecule has 0 aliphatic carbocycles. The molecule has 1 nitrogen and oxygen atoms in total. The molecule has 2 heteroatoms. The topological polar surface area (TPSA) is 3.24 Å². The van der Waals surface area contributed by atoms with Crippen LogP contribution in [0.25, 0.3) is 0 Å². The molecule has 1 saturated heterocycles. The number of nitrogens with zero attached hydrogens (tertiary/aromatic N) is 1. The Bertz CT molecular complexity index is 209. The Hall–Kier alpha value is 0.0500. The maximum atomic E-state index is 4.12. The molecule has 1 rings (SSSR count). The lowest BCUT2D eigenvalue weighted by Gasteiger charge is -2.28. The zero-order valence-corrected chi connectivity index (χ0v) is 12.8. The van der Waals surface area contributed by atoms with Gasteiger partial charge in [0, 0.05) is 16.8 Å². The van der Waals surface area contributed by atoms with Crippen molar-refractivity contribution >= 4 is 12.6 Å². The maximum Gasteiger partial charge on any atom is 0.0305 e. The molecule has 96 valence electrons. The Morgan fingerprint density at radius 2 is 1.81 bits per heavy atom. The third-order valence-corrected chi connectivity index (χ3v) is 2.53. The molecule has 1 fully saturated rings. The Morgan fingerprint density at radius 1 is 1.38 bits per heavy atom. The smallest absolute Gasteiger partial charge is 0.0305 e. The van der Waals surface area contributed by atoms with Gasteiger partial charge in [-0.25, -0.2) is 0 Å². The first-order valence-electron chi connectivity index (χ1n) is 6.26. The monoisotopic (exact) mass is 243 g/mol. The fraction of sp³-hybridized carbons (Fsp3) is 0.857. The van der Waals surface area contributed by atoms with Crippen molar-refractivity contribution in [2.45, 2.75) is 71.2 Å². The summed E-state index contributed by atoms with van der Waals surface area (Å²) in [5.74, 6) is 0. The van der Waals surface area contributed by atoms with Gasteiger partial charge in [-0.05, 0) is 40.2 Å². The molecule has 0 N–H and O–H groups in total. The third-order valence-electron chi connectivity index (χ3n) is 2.53. The highest BCUT2D eigenvalue weighted by atomic mass is 32.1. The van der Waals surface area contributed by atoms with Gasteiger partial charge in [-0.15, -0.1) is 0 Å². The van der Waals surface area contributed by atoms with E-state index in [4.69, 9.17) is 0 Å². The fourth-order valence-corrected chi connectivity index (χ4v) is 1.94. The second kappa shape index (κ2) is 6.70. The van der Waals surface area contributed by atoms with Crippen LogP contribution in [0, 0.1) is 0 Å². The average molecular weight is 243 g/mol. The van der Waals surface area contributed by atoms with Gasteiger partial charge in [-0.1, -0.05) is 32.9 Å². The molecule has 1 aliphatic heterocycles. The van der Waals surface area contributed by atoms with Crippen LogP contribution in [-0.4, -0.2) is 28.3 Å². The molecule has 1 unspecified atom stereocenters. The van der Waals surface area contributed by atoms with Crippen LogP contribution in [0.5, 0.6) is 0 Å². The molecule has 1 heterocycles. The van der Waals surface area contributed by atoms with Gasteiger partial charge in [0.15, 0.2) is 0 Å². The van der Waals surface area contributed by atoms with E-state index < -0.39 is 0 Å². The van der Waals surface area contributed by atoms with Crippen LogP contribution in [0.1, 0.15) is 54.4 Å². The van der Waals surface area contributed by atoms with Gasteiger partial charge >= 0.3 is 0 Å². The highest BCUT2D eigenvalue weighted by Crippen LogP contribution is 2.24.